The van der Waals surface area contributed by atoms with Gasteiger partial charge in [-0.3, -0.25) is 0 Å². The lowest BCUT2D eigenvalue weighted by molar-refractivity contribution is 1.18. The molecule has 0 N–H and O–H groups in total. The second kappa shape index (κ2) is 10.2. The van der Waals surface area contributed by atoms with Crippen molar-refractivity contribution in [3.05, 3.63) is 175 Å². The molecule has 2 heterocycles. The summed E-state index contributed by atoms with van der Waals surface area (Å²) in [5, 5.41) is 9.48. The minimum Gasteiger partial charge on any atom is -0.309 e. The van der Waals surface area contributed by atoms with Gasteiger partial charge in [0, 0.05) is 38.5 Å². The second-order valence-corrected chi connectivity index (χ2v) is 12.5. The summed E-state index contributed by atoms with van der Waals surface area (Å²) < 4.78 is 4.81. The van der Waals surface area contributed by atoms with Crippen molar-refractivity contribution in [1.82, 2.24) is 9.13 Å². The lowest BCUT2D eigenvalue weighted by Crippen LogP contribution is -1.96. The van der Waals surface area contributed by atoms with Gasteiger partial charge in [0.05, 0.1) is 28.6 Å². The molecule has 8 aromatic carbocycles. The second-order valence-electron chi connectivity index (χ2n) is 12.5. The van der Waals surface area contributed by atoms with Gasteiger partial charge in [-0.15, -0.1) is 0 Å². The monoisotopic (exact) mass is 609 g/mol. The zero-order valence-corrected chi connectivity index (χ0v) is 25.9. The topological polar surface area (TPSA) is 14.2 Å². The Labute approximate surface area is 276 Å². The van der Waals surface area contributed by atoms with E-state index in [0.717, 1.165) is 32.9 Å². The van der Waals surface area contributed by atoms with Crippen molar-refractivity contribution in [2.24, 2.45) is 0 Å². The Bertz CT molecular complexity index is 2950. The molecule has 0 saturated carbocycles. The van der Waals surface area contributed by atoms with Gasteiger partial charge in [-0.05, 0) is 75.6 Å². The van der Waals surface area contributed by atoms with Crippen molar-refractivity contribution < 1.29 is 0 Å². The van der Waals surface area contributed by atoms with Crippen LogP contribution in [-0.4, -0.2) is 9.13 Å². The van der Waals surface area contributed by atoms with Crippen molar-refractivity contribution >= 4 is 70.8 Å². The molecule has 0 spiro atoms. The van der Waals surface area contributed by atoms with Crippen molar-refractivity contribution in [3.63, 3.8) is 0 Å². The maximum absolute atomic E-state index is 7.63. The van der Waals surface area contributed by atoms with Crippen LogP contribution in [0.5, 0.6) is 0 Å². The minimum atomic E-state index is 0.655. The quantitative estimate of drug-likeness (QED) is 0.140. The van der Waals surface area contributed by atoms with Crippen LogP contribution in [0.3, 0.4) is 0 Å². The highest BCUT2D eigenvalue weighted by molar-refractivity contribution is 6.16. The number of hydrogen-bond acceptors (Lipinski definition) is 0. The highest BCUT2D eigenvalue weighted by atomic mass is 15.0. The molecule has 0 saturated heterocycles. The first-order valence-corrected chi connectivity index (χ1v) is 16.2. The van der Waals surface area contributed by atoms with E-state index in [0.29, 0.717) is 5.69 Å². The van der Waals surface area contributed by atoms with Crippen LogP contribution in [0, 0.1) is 6.57 Å². The number of nitrogens with zero attached hydrogens (tertiary/aromatic N) is 3. The number of fused-ring (bicyclic) bond motifs is 9. The third kappa shape index (κ3) is 3.81. The summed E-state index contributed by atoms with van der Waals surface area (Å²) in [6, 6.07) is 58.7. The van der Waals surface area contributed by atoms with E-state index in [1.807, 2.05) is 12.1 Å². The molecule has 0 unspecified atom stereocenters. The van der Waals surface area contributed by atoms with E-state index >= 15 is 0 Å². The van der Waals surface area contributed by atoms with Crippen LogP contribution in [0.15, 0.2) is 164 Å². The third-order valence-corrected chi connectivity index (χ3v) is 9.89. The Morgan fingerprint density at radius 1 is 0.396 bits per heavy atom. The van der Waals surface area contributed by atoms with Gasteiger partial charge in [-0.1, -0.05) is 115 Å². The van der Waals surface area contributed by atoms with E-state index < -0.39 is 0 Å². The Hall–Kier alpha value is -6.63. The Morgan fingerprint density at radius 3 is 1.81 bits per heavy atom. The highest BCUT2D eigenvalue weighted by Crippen LogP contribution is 2.41. The van der Waals surface area contributed by atoms with Crippen LogP contribution < -0.4 is 0 Å². The van der Waals surface area contributed by atoms with Gasteiger partial charge in [0.25, 0.3) is 0 Å². The molecule has 0 aliphatic carbocycles. The molecule has 3 nitrogen and oxygen atoms in total. The largest absolute Gasteiger partial charge is 0.309 e. The smallest absolute Gasteiger partial charge is 0.187 e. The predicted molar refractivity (Wildman–Crippen MR) is 202 cm³/mol. The number of para-hydroxylation sites is 4. The zero-order chi connectivity index (χ0) is 31.8. The fraction of sp³-hybridized carbons (Fsp3) is 0. The molecule has 0 bridgehead atoms. The van der Waals surface area contributed by atoms with Crippen LogP contribution >= 0.6 is 0 Å². The molecule has 0 aliphatic rings. The zero-order valence-electron chi connectivity index (χ0n) is 25.9. The van der Waals surface area contributed by atoms with Crippen molar-refractivity contribution in [2.75, 3.05) is 0 Å². The summed E-state index contributed by atoms with van der Waals surface area (Å²) in [4.78, 5) is 3.73. The fourth-order valence-corrected chi connectivity index (χ4v) is 7.75. The summed E-state index contributed by atoms with van der Waals surface area (Å²) in [6.07, 6.45) is 0. The van der Waals surface area contributed by atoms with E-state index in [1.54, 1.807) is 0 Å². The molecule has 0 fully saturated rings. The maximum atomic E-state index is 7.63. The fourth-order valence-electron chi connectivity index (χ4n) is 7.75. The van der Waals surface area contributed by atoms with Gasteiger partial charge in [-0.25, -0.2) is 4.85 Å². The average molecular weight is 610 g/mol. The van der Waals surface area contributed by atoms with Crippen LogP contribution in [-0.2, 0) is 0 Å². The van der Waals surface area contributed by atoms with Gasteiger partial charge in [0.15, 0.2) is 5.69 Å². The lowest BCUT2D eigenvalue weighted by atomic mass is 9.99. The molecule has 0 amide bonds. The van der Waals surface area contributed by atoms with Crippen molar-refractivity contribution in [2.45, 2.75) is 0 Å². The van der Waals surface area contributed by atoms with E-state index in [1.165, 1.54) is 54.7 Å². The van der Waals surface area contributed by atoms with E-state index in [9.17, 15) is 0 Å². The molecule has 0 radical (unpaired) electrons. The first kappa shape index (κ1) is 26.6. The predicted octanol–water partition coefficient (Wildman–Crippen LogP) is 12.4. The van der Waals surface area contributed by atoms with Crippen LogP contribution in [0.25, 0.3) is 92.5 Å². The highest BCUT2D eigenvalue weighted by Gasteiger charge is 2.19. The van der Waals surface area contributed by atoms with Gasteiger partial charge < -0.3 is 9.13 Å². The van der Waals surface area contributed by atoms with Gasteiger partial charge >= 0.3 is 0 Å². The van der Waals surface area contributed by atoms with E-state index in [2.05, 4.69) is 166 Å². The molecule has 2 aromatic heterocycles. The number of hydrogen-bond donors (Lipinski definition) is 0. The van der Waals surface area contributed by atoms with E-state index in [-0.39, 0.29) is 0 Å². The van der Waals surface area contributed by atoms with Crippen LogP contribution in [0.2, 0.25) is 0 Å². The van der Waals surface area contributed by atoms with Gasteiger partial charge in [0.1, 0.15) is 0 Å². The van der Waals surface area contributed by atoms with Crippen molar-refractivity contribution in [1.29, 1.82) is 0 Å². The first-order chi connectivity index (χ1) is 23.8. The van der Waals surface area contributed by atoms with Gasteiger partial charge in [-0.2, -0.15) is 0 Å². The summed E-state index contributed by atoms with van der Waals surface area (Å²) in [5.74, 6) is 0. The van der Waals surface area contributed by atoms with Crippen molar-refractivity contribution in [3.8, 4) is 22.5 Å². The molecule has 3 heteroatoms. The molecule has 222 valence electrons. The molecule has 48 heavy (non-hydrogen) atoms. The van der Waals surface area contributed by atoms with Crippen LogP contribution in [0.4, 0.5) is 5.69 Å². The Morgan fingerprint density at radius 2 is 1.02 bits per heavy atom. The molecule has 0 aliphatic heterocycles. The minimum absolute atomic E-state index is 0.655. The average Bonchev–Trinajstić information content (AvgIpc) is 3.67. The maximum Gasteiger partial charge on any atom is 0.187 e. The lowest BCUT2D eigenvalue weighted by Gasteiger charge is -2.14. The van der Waals surface area contributed by atoms with Crippen LogP contribution in [0.1, 0.15) is 0 Å². The molecule has 10 rings (SSSR count). The summed E-state index contributed by atoms with van der Waals surface area (Å²) in [5.41, 5.74) is 10.00. The molecule has 0 atom stereocenters. The normalized spacial score (nSPS) is 11.7. The number of aromatic nitrogens is 2. The first-order valence-electron chi connectivity index (χ1n) is 16.2. The Kier molecular flexibility index (Phi) is 5.64. The SMILES string of the molecule is [C-]#[N+]c1ccc2ccc3ccc(-n4c5ccccc5c5cccc(-c6ccc7c8ccccc8n(-c8ccccc8)c7c6)c54)cc3c2c1. The number of benzene rings is 8. The number of rotatable bonds is 3. The Balaban J connectivity index is 1.28. The van der Waals surface area contributed by atoms with Gasteiger partial charge in [0.2, 0.25) is 0 Å². The van der Waals surface area contributed by atoms with E-state index in [4.69, 9.17) is 6.57 Å². The third-order valence-electron chi connectivity index (χ3n) is 9.89. The summed E-state index contributed by atoms with van der Waals surface area (Å²) >= 11 is 0. The molecular weight excluding hydrogens is 583 g/mol. The standard InChI is InChI=1S/C45H27N3/c1-46-32-23-20-29-18-19-30-21-24-34(28-41(30)40(29)27-32)48-43-17-8-6-13-37(43)39-15-9-14-35(45(39)48)31-22-25-38-36-12-5-7-16-42(36)47(44(38)26-31)33-10-3-2-4-11-33/h2-28H. The summed E-state index contributed by atoms with van der Waals surface area (Å²) in [7, 11) is 0. The molecular formula is C45H27N3. The molecule has 10 aromatic rings. The summed E-state index contributed by atoms with van der Waals surface area (Å²) in [6.45, 7) is 7.63.